The van der Waals surface area contributed by atoms with E-state index in [1.54, 1.807) is 6.26 Å². The maximum absolute atomic E-state index is 10.1. The molecule has 0 aromatic carbocycles. The molecule has 102 valence electrons. The van der Waals surface area contributed by atoms with Gasteiger partial charge < -0.3 is 9.52 Å². The van der Waals surface area contributed by atoms with Crippen molar-refractivity contribution >= 4 is 0 Å². The molecule has 3 nitrogen and oxygen atoms in total. The molecule has 0 amide bonds. The molecule has 0 bridgehead atoms. The minimum absolute atomic E-state index is 0.0279. The summed E-state index contributed by atoms with van der Waals surface area (Å²) < 4.78 is 5.41. The highest BCUT2D eigenvalue weighted by atomic mass is 16.3. The monoisotopic (exact) mass is 251 g/mol. The summed E-state index contributed by atoms with van der Waals surface area (Å²) in [7, 11) is 0. The van der Waals surface area contributed by atoms with Crippen molar-refractivity contribution < 1.29 is 9.52 Å². The van der Waals surface area contributed by atoms with Crippen molar-refractivity contribution in [2.24, 2.45) is 5.41 Å². The second kappa shape index (κ2) is 5.45. The first-order valence-electron chi connectivity index (χ1n) is 6.91. The fourth-order valence-electron chi connectivity index (χ4n) is 2.15. The van der Waals surface area contributed by atoms with Gasteiger partial charge in [-0.1, -0.05) is 20.8 Å². The molecule has 0 saturated heterocycles. The van der Waals surface area contributed by atoms with Crippen LogP contribution in [0.4, 0.5) is 0 Å². The Morgan fingerprint density at radius 3 is 2.67 bits per heavy atom. The zero-order chi connectivity index (χ0) is 13.2. The number of aliphatic hydroxyl groups excluding tert-OH is 1. The second-order valence-electron chi connectivity index (χ2n) is 6.45. The molecule has 0 aliphatic heterocycles. The zero-order valence-corrected chi connectivity index (χ0v) is 11.7. The summed E-state index contributed by atoms with van der Waals surface area (Å²) >= 11 is 0. The summed E-state index contributed by atoms with van der Waals surface area (Å²) in [5.74, 6) is 1.02. The first-order valence-corrected chi connectivity index (χ1v) is 6.91. The van der Waals surface area contributed by atoms with E-state index in [2.05, 4.69) is 25.7 Å². The first kappa shape index (κ1) is 13.6. The minimum atomic E-state index is -0.240. The Bertz CT molecular complexity index is 349. The number of aliphatic hydroxyl groups is 1. The summed E-state index contributed by atoms with van der Waals surface area (Å²) in [6.07, 6.45) is 4.89. The van der Waals surface area contributed by atoms with E-state index in [4.69, 9.17) is 4.42 Å². The highest BCUT2D eigenvalue weighted by Crippen LogP contribution is 2.30. The molecule has 1 atom stereocenters. The van der Waals surface area contributed by atoms with E-state index >= 15 is 0 Å². The van der Waals surface area contributed by atoms with Gasteiger partial charge in [0.25, 0.3) is 0 Å². The highest BCUT2D eigenvalue weighted by molar-refractivity contribution is 4.99. The van der Waals surface area contributed by atoms with Crippen LogP contribution in [0.2, 0.25) is 0 Å². The van der Waals surface area contributed by atoms with Crippen molar-refractivity contribution in [3.8, 4) is 0 Å². The van der Waals surface area contributed by atoms with Crippen molar-refractivity contribution in [2.75, 3.05) is 6.54 Å². The van der Waals surface area contributed by atoms with Crippen LogP contribution < -0.4 is 0 Å². The number of nitrogens with zero attached hydrogens (tertiary/aromatic N) is 1. The van der Waals surface area contributed by atoms with Gasteiger partial charge in [0.1, 0.15) is 5.76 Å². The molecule has 1 aliphatic carbocycles. The van der Waals surface area contributed by atoms with Crippen LogP contribution in [0.5, 0.6) is 0 Å². The molecule has 1 saturated carbocycles. The van der Waals surface area contributed by atoms with Crippen LogP contribution >= 0.6 is 0 Å². The van der Waals surface area contributed by atoms with E-state index < -0.39 is 0 Å². The maximum atomic E-state index is 10.1. The Balaban J connectivity index is 1.84. The molecule has 1 N–H and O–H groups in total. The van der Waals surface area contributed by atoms with Gasteiger partial charge in [-0.2, -0.15) is 0 Å². The Morgan fingerprint density at radius 2 is 2.17 bits per heavy atom. The van der Waals surface area contributed by atoms with E-state index in [-0.39, 0.29) is 11.5 Å². The van der Waals surface area contributed by atoms with Gasteiger partial charge in [-0.3, -0.25) is 4.90 Å². The standard InChI is InChI=1S/C15H25NO2/c1-15(2,3)14(17)8-9-16(12-6-7-12)11-13-5-4-10-18-13/h4-5,10,12,14,17H,6-9,11H2,1-3H3. The van der Waals surface area contributed by atoms with Crippen molar-refractivity contribution in [2.45, 2.75) is 58.7 Å². The van der Waals surface area contributed by atoms with Gasteiger partial charge in [0.2, 0.25) is 0 Å². The van der Waals surface area contributed by atoms with Gasteiger partial charge in [0, 0.05) is 12.6 Å². The summed E-state index contributed by atoms with van der Waals surface area (Å²) in [5, 5.41) is 10.1. The van der Waals surface area contributed by atoms with E-state index in [9.17, 15) is 5.11 Å². The van der Waals surface area contributed by atoms with Crippen LogP contribution in [-0.2, 0) is 6.54 Å². The summed E-state index contributed by atoms with van der Waals surface area (Å²) in [6, 6.07) is 4.65. The predicted octanol–water partition coefficient (Wildman–Crippen LogP) is 3.04. The van der Waals surface area contributed by atoms with Crippen LogP contribution in [0.1, 0.15) is 45.8 Å². The van der Waals surface area contributed by atoms with Crippen molar-refractivity contribution in [1.82, 2.24) is 4.90 Å². The molecule has 3 heteroatoms. The quantitative estimate of drug-likeness (QED) is 0.844. The number of furan rings is 1. The molecule has 1 heterocycles. The maximum Gasteiger partial charge on any atom is 0.117 e. The molecular weight excluding hydrogens is 226 g/mol. The van der Waals surface area contributed by atoms with Crippen LogP contribution in [0.25, 0.3) is 0 Å². The van der Waals surface area contributed by atoms with Gasteiger partial charge in [-0.05, 0) is 36.8 Å². The average molecular weight is 251 g/mol. The van der Waals surface area contributed by atoms with Gasteiger partial charge >= 0.3 is 0 Å². The topological polar surface area (TPSA) is 36.6 Å². The van der Waals surface area contributed by atoms with E-state index in [1.807, 2.05) is 12.1 Å². The van der Waals surface area contributed by atoms with Gasteiger partial charge in [0.15, 0.2) is 0 Å². The number of hydrogen-bond acceptors (Lipinski definition) is 3. The third kappa shape index (κ3) is 3.85. The molecule has 1 unspecified atom stereocenters. The molecule has 1 aromatic rings. The highest BCUT2D eigenvalue weighted by Gasteiger charge is 2.31. The largest absolute Gasteiger partial charge is 0.468 e. The lowest BCUT2D eigenvalue weighted by molar-refractivity contribution is 0.0431. The predicted molar refractivity (Wildman–Crippen MR) is 72.2 cm³/mol. The lowest BCUT2D eigenvalue weighted by Gasteiger charge is -2.29. The number of hydrogen-bond donors (Lipinski definition) is 1. The Labute approximate surface area is 110 Å². The van der Waals surface area contributed by atoms with Crippen LogP contribution in [0.15, 0.2) is 22.8 Å². The molecular formula is C15H25NO2. The lowest BCUT2D eigenvalue weighted by atomic mass is 9.87. The molecule has 1 aliphatic rings. The molecule has 1 fully saturated rings. The van der Waals surface area contributed by atoms with Gasteiger partial charge in [0.05, 0.1) is 18.9 Å². The summed E-state index contributed by atoms with van der Waals surface area (Å²) in [5.41, 5.74) is -0.0279. The van der Waals surface area contributed by atoms with Crippen molar-refractivity contribution in [3.05, 3.63) is 24.2 Å². The SMILES string of the molecule is CC(C)(C)C(O)CCN(Cc1ccco1)C1CC1. The van der Waals surface area contributed by atoms with Crippen molar-refractivity contribution in [3.63, 3.8) is 0 Å². The van der Waals surface area contributed by atoms with E-state index in [0.29, 0.717) is 6.04 Å². The summed E-state index contributed by atoms with van der Waals surface area (Å²) in [4.78, 5) is 2.44. The zero-order valence-electron chi connectivity index (χ0n) is 11.7. The Hall–Kier alpha value is -0.800. The molecule has 0 radical (unpaired) electrons. The van der Waals surface area contributed by atoms with Gasteiger partial charge in [-0.25, -0.2) is 0 Å². The van der Waals surface area contributed by atoms with E-state index in [1.165, 1.54) is 12.8 Å². The van der Waals surface area contributed by atoms with Crippen LogP contribution in [0.3, 0.4) is 0 Å². The minimum Gasteiger partial charge on any atom is -0.468 e. The fraction of sp³-hybridized carbons (Fsp3) is 0.733. The smallest absolute Gasteiger partial charge is 0.117 e. The van der Waals surface area contributed by atoms with Crippen LogP contribution in [-0.4, -0.2) is 28.7 Å². The normalized spacial score (nSPS) is 18.3. The Kier molecular flexibility index (Phi) is 4.13. The molecule has 0 spiro atoms. The fourth-order valence-corrected chi connectivity index (χ4v) is 2.15. The summed E-state index contributed by atoms with van der Waals surface area (Å²) in [6.45, 7) is 8.08. The molecule has 18 heavy (non-hydrogen) atoms. The van der Waals surface area contributed by atoms with E-state index in [0.717, 1.165) is 25.3 Å². The molecule has 1 aromatic heterocycles. The van der Waals surface area contributed by atoms with Gasteiger partial charge in [-0.15, -0.1) is 0 Å². The average Bonchev–Trinajstić information content (AvgIpc) is 3.01. The molecule has 2 rings (SSSR count). The lowest BCUT2D eigenvalue weighted by Crippen LogP contribution is -2.33. The van der Waals surface area contributed by atoms with Crippen molar-refractivity contribution in [1.29, 1.82) is 0 Å². The third-order valence-electron chi connectivity index (χ3n) is 3.69. The first-order chi connectivity index (χ1) is 8.47. The number of rotatable bonds is 6. The second-order valence-corrected chi connectivity index (χ2v) is 6.45. The third-order valence-corrected chi connectivity index (χ3v) is 3.69. The van der Waals surface area contributed by atoms with Crippen LogP contribution in [0, 0.1) is 5.41 Å². The Morgan fingerprint density at radius 1 is 1.44 bits per heavy atom.